The molecule has 0 heterocycles. The van der Waals surface area contributed by atoms with Gasteiger partial charge in [-0.2, -0.15) is 0 Å². The number of fused-ring (bicyclic) bond motifs is 1. The Labute approximate surface area is 118 Å². The molecule has 0 saturated heterocycles. The molecule has 0 bridgehead atoms. The maximum absolute atomic E-state index is 12.2. The maximum atomic E-state index is 12.2. The maximum Gasteiger partial charge on any atom is 0.167 e. The quantitative estimate of drug-likeness (QED) is 0.625. The standard InChI is InChI=1S/C18H16O2/c1-12-7-9-15-14(11-12)8-10-16(19)17(15)18(20)13-5-3-2-4-6-13/h2-7,9,11,20H,8,10H2,1H3/b18-17+. The minimum absolute atomic E-state index is 0.0164. The number of ketones is 1. The van der Waals surface area contributed by atoms with Crippen molar-refractivity contribution in [1.29, 1.82) is 0 Å². The van der Waals surface area contributed by atoms with E-state index >= 15 is 0 Å². The highest BCUT2D eigenvalue weighted by Gasteiger charge is 2.25. The van der Waals surface area contributed by atoms with Crippen LogP contribution >= 0.6 is 0 Å². The first-order valence-corrected chi connectivity index (χ1v) is 6.78. The van der Waals surface area contributed by atoms with Gasteiger partial charge in [0.05, 0.1) is 5.57 Å². The second-order valence-corrected chi connectivity index (χ2v) is 5.17. The Morgan fingerprint density at radius 3 is 2.55 bits per heavy atom. The van der Waals surface area contributed by atoms with E-state index in [4.69, 9.17) is 0 Å². The Morgan fingerprint density at radius 1 is 1.05 bits per heavy atom. The van der Waals surface area contributed by atoms with Gasteiger partial charge in [0.15, 0.2) is 5.78 Å². The van der Waals surface area contributed by atoms with Crippen LogP contribution in [0.4, 0.5) is 0 Å². The molecule has 2 aromatic carbocycles. The summed E-state index contributed by atoms with van der Waals surface area (Å²) >= 11 is 0. The molecule has 1 aliphatic carbocycles. The highest BCUT2D eigenvalue weighted by Crippen LogP contribution is 2.33. The zero-order valence-corrected chi connectivity index (χ0v) is 11.4. The van der Waals surface area contributed by atoms with Gasteiger partial charge in [0.1, 0.15) is 5.76 Å². The molecule has 1 N–H and O–H groups in total. The zero-order chi connectivity index (χ0) is 14.1. The lowest BCUT2D eigenvalue weighted by molar-refractivity contribution is -0.113. The number of allylic oxidation sites excluding steroid dienone is 1. The van der Waals surface area contributed by atoms with Gasteiger partial charge < -0.3 is 5.11 Å². The number of Topliss-reactive ketones (excluding diaryl/α,β-unsaturated/α-hetero) is 1. The monoisotopic (exact) mass is 264 g/mol. The second kappa shape index (κ2) is 4.97. The van der Waals surface area contributed by atoms with Crippen molar-refractivity contribution in [2.24, 2.45) is 0 Å². The van der Waals surface area contributed by atoms with Gasteiger partial charge in [0.2, 0.25) is 0 Å². The summed E-state index contributed by atoms with van der Waals surface area (Å²) in [6.45, 7) is 2.04. The summed E-state index contributed by atoms with van der Waals surface area (Å²) < 4.78 is 0. The molecule has 0 saturated carbocycles. The summed E-state index contributed by atoms with van der Waals surface area (Å²) in [4.78, 5) is 12.2. The lowest BCUT2D eigenvalue weighted by Gasteiger charge is -2.20. The highest BCUT2D eigenvalue weighted by molar-refractivity contribution is 6.28. The van der Waals surface area contributed by atoms with Gasteiger partial charge in [-0.05, 0) is 24.5 Å². The predicted octanol–water partition coefficient (Wildman–Crippen LogP) is 3.94. The largest absolute Gasteiger partial charge is 0.507 e. The van der Waals surface area contributed by atoms with Crippen molar-refractivity contribution in [3.8, 4) is 0 Å². The van der Waals surface area contributed by atoms with E-state index in [2.05, 4.69) is 6.07 Å². The minimum Gasteiger partial charge on any atom is -0.507 e. The number of aryl methyl sites for hydroxylation is 2. The Balaban J connectivity index is 2.21. The van der Waals surface area contributed by atoms with Crippen LogP contribution in [0.1, 0.15) is 28.7 Å². The summed E-state index contributed by atoms with van der Waals surface area (Å²) in [5.74, 6) is 0.100. The van der Waals surface area contributed by atoms with Crippen molar-refractivity contribution < 1.29 is 9.90 Å². The Kier molecular flexibility index (Phi) is 3.15. The van der Waals surface area contributed by atoms with Crippen LogP contribution in [0.15, 0.2) is 48.5 Å². The number of aliphatic hydroxyl groups is 1. The molecule has 1 aliphatic rings. The third kappa shape index (κ3) is 2.14. The number of hydrogen-bond acceptors (Lipinski definition) is 2. The van der Waals surface area contributed by atoms with Crippen molar-refractivity contribution >= 4 is 17.1 Å². The molecule has 0 amide bonds. The van der Waals surface area contributed by atoms with Crippen LogP contribution < -0.4 is 0 Å². The number of rotatable bonds is 1. The Bertz CT molecular complexity index is 697. The molecule has 100 valence electrons. The smallest absolute Gasteiger partial charge is 0.167 e. The van der Waals surface area contributed by atoms with Gasteiger partial charge >= 0.3 is 0 Å². The highest BCUT2D eigenvalue weighted by atomic mass is 16.3. The van der Waals surface area contributed by atoms with Crippen LogP contribution in [0.5, 0.6) is 0 Å². The van der Waals surface area contributed by atoms with Gasteiger partial charge in [-0.1, -0.05) is 54.1 Å². The second-order valence-electron chi connectivity index (χ2n) is 5.17. The Morgan fingerprint density at radius 2 is 1.80 bits per heavy atom. The summed E-state index contributed by atoms with van der Waals surface area (Å²) in [6, 6.07) is 15.3. The minimum atomic E-state index is 0.0164. The van der Waals surface area contributed by atoms with Gasteiger partial charge in [0.25, 0.3) is 0 Å². The molecular weight excluding hydrogens is 248 g/mol. The summed E-state index contributed by atoms with van der Waals surface area (Å²) in [6.07, 6.45) is 1.21. The summed E-state index contributed by atoms with van der Waals surface area (Å²) in [5, 5.41) is 10.5. The first kappa shape index (κ1) is 12.7. The van der Waals surface area contributed by atoms with Crippen LogP contribution in [0.25, 0.3) is 11.3 Å². The van der Waals surface area contributed by atoms with Crippen molar-refractivity contribution in [2.75, 3.05) is 0 Å². The van der Waals surface area contributed by atoms with Crippen LogP contribution in [0, 0.1) is 6.92 Å². The predicted molar refractivity (Wildman–Crippen MR) is 80.4 cm³/mol. The van der Waals surface area contributed by atoms with Crippen LogP contribution in [0.3, 0.4) is 0 Å². The fourth-order valence-corrected chi connectivity index (χ4v) is 2.70. The zero-order valence-electron chi connectivity index (χ0n) is 11.4. The molecular formula is C18H16O2. The molecule has 0 fully saturated rings. The molecule has 0 unspecified atom stereocenters. The fraction of sp³-hybridized carbons (Fsp3) is 0.167. The third-order valence-corrected chi connectivity index (χ3v) is 3.71. The average molecular weight is 264 g/mol. The molecule has 2 heteroatoms. The molecule has 0 atom stereocenters. The molecule has 2 aromatic rings. The lowest BCUT2D eigenvalue weighted by atomic mass is 9.84. The SMILES string of the molecule is Cc1ccc2c(c1)CCC(=O)/C2=C(/O)c1ccccc1. The van der Waals surface area contributed by atoms with Crippen LogP contribution in [0.2, 0.25) is 0 Å². The fourth-order valence-electron chi connectivity index (χ4n) is 2.70. The molecule has 0 aliphatic heterocycles. The number of carbonyl (C=O) groups excluding carboxylic acids is 1. The van der Waals surface area contributed by atoms with E-state index in [0.717, 1.165) is 17.5 Å². The van der Waals surface area contributed by atoms with Gasteiger partial charge in [0, 0.05) is 12.0 Å². The third-order valence-electron chi connectivity index (χ3n) is 3.71. The van der Waals surface area contributed by atoms with Gasteiger partial charge in [-0.15, -0.1) is 0 Å². The first-order valence-electron chi connectivity index (χ1n) is 6.78. The van der Waals surface area contributed by atoms with Crippen molar-refractivity contribution in [3.05, 3.63) is 70.8 Å². The van der Waals surface area contributed by atoms with E-state index in [1.54, 1.807) is 0 Å². The molecule has 20 heavy (non-hydrogen) atoms. The summed E-state index contributed by atoms with van der Waals surface area (Å²) in [7, 11) is 0. The van der Waals surface area contributed by atoms with Crippen LogP contribution in [-0.4, -0.2) is 10.9 Å². The van der Waals surface area contributed by atoms with E-state index in [9.17, 15) is 9.90 Å². The van der Waals surface area contributed by atoms with Crippen molar-refractivity contribution in [2.45, 2.75) is 19.8 Å². The van der Waals surface area contributed by atoms with E-state index < -0.39 is 0 Å². The first-order chi connectivity index (χ1) is 9.66. The average Bonchev–Trinajstić information content (AvgIpc) is 2.48. The molecule has 0 spiro atoms. The molecule has 2 nitrogen and oxygen atoms in total. The van der Waals surface area contributed by atoms with Crippen LogP contribution in [-0.2, 0) is 11.2 Å². The number of benzene rings is 2. The van der Waals surface area contributed by atoms with E-state index in [0.29, 0.717) is 17.6 Å². The normalized spacial score (nSPS) is 16.8. The van der Waals surface area contributed by atoms with Gasteiger partial charge in [-0.25, -0.2) is 0 Å². The van der Waals surface area contributed by atoms with Crippen molar-refractivity contribution in [1.82, 2.24) is 0 Å². The number of carbonyl (C=O) groups is 1. The topological polar surface area (TPSA) is 37.3 Å². The number of aliphatic hydroxyl groups excluding tert-OH is 1. The molecule has 0 aromatic heterocycles. The van der Waals surface area contributed by atoms with E-state index in [1.807, 2.05) is 49.4 Å². The molecule has 0 radical (unpaired) electrons. The lowest BCUT2D eigenvalue weighted by Crippen LogP contribution is -2.14. The van der Waals surface area contributed by atoms with Gasteiger partial charge in [-0.3, -0.25) is 4.79 Å². The number of hydrogen-bond donors (Lipinski definition) is 1. The molecule has 3 rings (SSSR count). The summed E-state index contributed by atoms with van der Waals surface area (Å²) in [5.41, 5.74) is 4.33. The Hall–Kier alpha value is -2.35. The van der Waals surface area contributed by atoms with E-state index in [-0.39, 0.29) is 11.5 Å². The van der Waals surface area contributed by atoms with E-state index in [1.165, 1.54) is 5.56 Å². The van der Waals surface area contributed by atoms with Crippen molar-refractivity contribution in [3.63, 3.8) is 0 Å².